The van der Waals surface area contributed by atoms with Crippen molar-refractivity contribution in [2.24, 2.45) is 5.73 Å². The van der Waals surface area contributed by atoms with Gasteiger partial charge >= 0.3 is 0 Å². The van der Waals surface area contributed by atoms with Gasteiger partial charge in [-0.1, -0.05) is 29.8 Å². The maximum atomic E-state index is 13.1. The van der Waals surface area contributed by atoms with Crippen LogP contribution < -0.4 is 10.5 Å². The van der Waals surface area contributed by atoms with Crippen LogP contribution in [0.3, 0.4) is 0 Å². The molecular formula is C16H17ClFNO. The first-order chi connectivity index (χ1) is 9.58. The molecule has 1 unspecified atom stereocenters. The highest BCUT2D eigenvalue weighted by atomic mass is 35.5. The third-order valence-electron chi connectivity index (χ3n) is 3.14. The van der Waals surface area contributed by atoms with E-state index in [1.54, 1.807) is 19.2 Å². The number of hydrogen-bond donors (Lipinski definition) is 1. The Morgan fingerprint density at radius 1 is 1.10 bits per heavy atom. The minimum absolute atomic E-state index is 0.0371. The smallest absolute Gasteiger partial charge is 0.141 e. The first-order valence-electron chi connectivity index (χ1n) is 6.41. The van der Waals surface area contributed by atoms with Crippen LogP contribution in [-0.4, -0.2) is 13.2 Å². The lowest BCUT2D eigenvalue weighted by atomic mass is 10.00. The number of methoxy groups -OCH3 is 1. The summed E-state index contributed by atoms with van der Waals surface area (Å²) in [4.78, 5) is 0. The van der Waals surface area contributed by atoms with E-state index in [0.717, 1.165) is 23.3 Å². The monoisotopic (exact) mass is 293 g/mol. The number of nitrogens with two attached hydrogens (primary N) is 1. The molecule has 2 aromatic carbocycles. The largest absolute Gasteiger partial charge is 0.497 e. The van der Waals surface area contributed by atoms with Crippen molar-refractivity contribution >= 4 is 11.6 Å². The van der Waals surface area contributed by atoms with E-state index in [1.165, 1.54) is 6.07 Å². The highest BCUT2D eigenvalue weighted by molar-refractivity contribution is 6.30. The van der Waals surface area contributed by atoms with E-state index in [1.807, 2.05) is 24.3 Å². The summed E-state index contributed by atoms with van der Waals surface area (Å²) >= 11 is 5.76. The van der Waals surface area contributed by atoms with Gasteiger partial charge in [-0.3, -0.25) is 0 Å². The third-order valence-corrected chi connectivity index (χ3v) is 3.43. The molecule has 0 radical (unpaired) electrons. The van der Waals surface area contributed by atoms with E-state index >= 15 is 0 Å². The fraction of sp³-hybridized carbons (Fsp3) is 0.250. The lowest BCUT2D eigenvalue weighted by Gasteiger charge is -2.12. The molecule has 0 aromatic heterocycles. The summed E-state index contributed by atoms with van der Waals surface area (Å²) in [5.74, 6) is 0.423. The molecule has 0 saturated heterocycles. The Morgan fingerprint density at radius 3 is 2.30 bits per heavy atom. The Hall–Kier alpha value is -1.58. The van der Waals surface area contributed by atoms with E-state index in [0.29, 0.717) is 6.42 Å². The van der Waals surface area contributed by atoms with Crippen LogP contribution in [0, 0.1) is 5.82 Å². The Morgan fingerprint density at radius 2 is 1.70 bits per heavy atom. The molecule has 0 spiro atoms. The van der Waals surface area contributed by atoms with Crippen LogP contribution >= 0.6 is 11.6 Å². The lowest BCUT2D eigenvalue weighted by Crippen LogP contribution is -2.25. The Bertz CT molecular complexity index is 571. The van der Waals surface area contributed by atoms with Gasteiger partial charge in [-0.15, -0.1) is 0 Å². The van der Waals surface area contributed by atoms with Crippen LogP contribution in [-0.2, 0) is 12.8 Å². The van der Waals surface area contributed by atoms with E-state index < -0.39 is 5.82 Å². The molecule has 4 heteroatoms. The maximum absolute atomic E-state index is 13.1. The van der Waals surface area contributed by atoms with Gasteiger partial charge in [0.05, 0.1) is 12.1 Å². The molecule has 20 heavy (non-hydrogen) atoms. The Balaban J connectivity index is 1.97. The van der Waals surface area contributed by atoms with Crippen LogP contribution in [0.25, 0.3) is 0 Å². The minimum Gasteiger partial charge on any atom is -0.497 e. The minimum atomic E-state index is -0.404. The SMILES string of the molecule is COc1ccc(CC(N)Cc2ccc(F)c(Cl)c2)cc1. The average Bonchev–Trinajstić information content (AvgIpc) is 2.44. The van der Waals surface area contributed by atoms with Gasteiger partial charge in [0.25, 0.3) is 0 Å². The van der Waals surface area contributed by atoms with E-state index in [-0.39, 0.29) is 11.1 Å². The predicted molar refractivity (Wildman–Crippen MR) is 79.8 cm³/mol. The lowest BCUT2D eigenvalue weighted by molar-refractivity contribution is 0.414. The highest BCUT2D eigenvalue weighted by Gasteiger charge is 2.08. The molecule has 2 aromatic rings. The normalized spacial score (nSPS) is 12.2. The van der Waals surface area contributed by atoms with Gasteiger partial charge in [-0.05, 0) is 48.2 Å². The van der Waals surface area contributed by atoms with Crippen molar-refractivity contribution < 1.29 is 9.13 Å². The van der Waals surface area contributed by atoms with Crippen LogP contribution in [0.15, 0.2) is 42.5 Å². The van der Waals surface area contributed by atoms with Crippen molar-refractivity contribution in [3.63, 3.8) is 0 Å². The van der Waals surface area contributed by atoms with Gasteiger partial charge in [-0.25, -0.2) is 4.39 Å². The van der Waals surface area contributed by atoms with Crippen molar-refractivity contribution in [3.05, 3.63) is 64.4 Å². The Labute approximate surface area is 123 Å². The van der Waals surface area contributed by atoms with Gasteiger partial charge in [0, 0.05) is 6.04 Å². The summed E-state index contributed by atoms with van der Waals surface area (Å²) in [6, 6.07) is 12.5. The summed E-state index contributed by atoms with van der Waals surface area (Å²) in [6.45, 7) is 0. The number of halogens is 2. The van der Waals surface area contributed by atoms with Gasteiger partial charge in [0.2, 0.25) is 0 Å². The Kier molecular flexibility index (Phi) is 4.99. The fourth-order valence-corrected chi connectivity index (χ4v) is 2.31. The molecule has 0 heterocycles. The fourth-order valence-electron chi connectivity index (χ4n) is 2.11. The van der Waals surface area contributed by atoms with Gasteiger partial charge in [0.15, 0.2) is 0 Å². The summed E-state index contributed by atoms with van der Waals surface area (Å²) in [5, 5.41) is 0.138. The number of benzene rings is 2. The van der Waals surface area contributed by atoms with Crippen LogP contribution in [0.4, 0.5) is 4.39 Å². The molecular weight excluding hydrogens is 277 g/mol. The van der Waals surface area contributed by atoms with Crippen molar-refractivity contribution in [2.45, 2.75) is 18.9 Å². The summed E-state index contributed by atoms with van der Waals surface area (Å²) in [6.07, 6.45) is 1.41. The molecule has 0 aliphatic carbocycles. The summed E-state index contributed by atoms with van der Waals surface area (Å²) in [7, 11) is 1.64. The molecule has 1 atom stereocenters. The molecule has 2 rings (SSSR count). The number of ether oxygens (including phenoxy) is 1. The van der Waals surface area contributed by atoms with Crippen molar-refractivity contribution in [2.75, 3.05) is 7.11 Å². The molecule has 0 aliphatic rings. The second-order valence-corrected chi connectivity index (χ2v) is 5.17. The first-order valence-corrected chi connectivity index (χ1v) is 6.78. The summed E-state index contributed by atoms with van der Waals surface area (Å²) < 4.78 is 18.2. The molecule has 0 fully saturated rings. The van der Waals surface area contributed by atoms with Crippen molar-refractivity contribution in [3.8, 4) is 5.75 Å². The molecule has 0 aliphatic heterocycles. The van der Waals surface area contributed by atoms with Crippen molar-refractivity contribution in [1.82, 2.24) is 0 Å². The number of hydrogen-bond acceptors (Lipinski definition) is 2. The molecule has 0 amide bonds. The second kappa shape index (κ2) is 6.73. The first kappa shape index (κ1) is 14.8. The summed E-state index contributed by atoms with van der Waals surface area (Å²) in [5.41, 5.74) is 8.22. The van der Waals surface area contributed by atoms with Gasteiger partial charge in [0.1, 0.15) is 11.6 Å². The second-order valence-electron chi connectivity index (χ2n) is 4.76. The highest BCUT2D eigenvalue weighted by Crippen LogP contribution is 2.18. The van der Waals surface area contributed by atoms with Crippen LogP contribution in [0.2, 0.25) is 5.02 Å². The topological polar surface area (TPSA) is 35.2 Å². The third kappa shape index (κ3) is 3.95. The van der Waals surface area contributed by atoms with Gasteiger partial charge < -0.3 is 10.5 Å². The quantitative estimate of drug-likeness (QED) is 0.914. The number of rotatable bonds is 5. The van der Waals surface area contributed by atoms with E-state index in [9.17, 15) is 4.39 Å². The van der Waals surface area contributed by atoms with Crippen molar-refractivity contribution in [1.29, 1.82) is 0 Å². The zero-order valence-corrected chi connectivity index (χ0v) is 12.0. The van der Waals surface area contributed by atoms with E-state index in [2.05, 4.69) is 0 Å². The van der Waals surface area contributed by atoms with E-state index in [4.69, 9.17) is 22.1 Å². The van der Waals surface area contributed by atoms with Crippen LogP contribution in [0.5, 0.6) is 5.75 Å². The van der Waals surface area contributed by atoms with Gasteiger partial charge in [-0.2, -0.15) is 0 Å². The molecule has 2 nitrogen and oxygen atoms in total. The molecule has 0 saturated carbocycles. The maximum Gasteiger partial charge on any atom is 0.141 e. The standard InChI is InChI=1S/C16H17ClFNO/c1-20-14-5-2-11(3-6-14)8-13(19)9-12-4-7-16(18)15(17)10-12/h2-7,10,13H,8-9,19H2,1H3. The average molecular weight is 294 g/mol. The molecule has 106 valence electrons. The zero-order valence-electron chi connectivity index (χ0n) is 11.3. The van der Waals surface area contributed by atoms with Crippen LogP contribution in [0.1, 0.15) is 11.1 Å². The zero-order chi connectivity index (χ0) is 14.5. The molecule has 0 bridgehead atoms. The molecule has 2 N–H and O–H groups in total. The predicted octanol–water partition coefficient (Wildman–Crippen LogP) is 3.60.